The molecule has 1 heterocycles. The van der Waals surface area contributed by atoms with Gasteiger partial charge in [0, 0.05) is 13.5 Å². The molecule has 1 aliphatic rings. The van der Waals surface area contributed by atoms with E-state index in [1.165, 1.54) is 11.1 Å². The molecule has 3 nitrogen and oxygen atoms in total. The van der Waals surface area contributed by atoms with Gasteiger partial charge < -0.3 is 9.64 Å². The quantitative estimate of drug-likeness (QED) is 0.846. The number of carbonyl (C=O) groups excluding carboxylic acids is 1. The van der Waals surface area contributed by atoms with E-state index in [-0.39, 0.29) is 11.9 Å². The minimum Gasteiger partial charge on any atom is -0.497 e. The van der Waals surface area contributed by atoms with Gasteiger partial charge in [0.2, 0.25) is 5.91 Å². The number of hydrogen-bond acceptors (Lipinski definition) is 2. The minimum atomic E-state index is -0.00152. The van der Waals surface area contributed by atoms with Gasteiger partial charge in [-0.15, -0.1) is 0 Å². The summed E-state index contributed by atoms with van der Waals surface area (Å²) in [6.07, 6.45) is 0.919. The lowest BCUT2D eigenvalue weighted by Crippen LogP contribution is -2.39. The number of fused-ring (bicyclic) bond motifs is 1. The fourth-order valence-corrected chi connectivity index (χ4v) is 3.05. The van der Waals surface area contributed by atoms with Crippen molar-refractivity contribution in [3.63, 3.8) is 0 Å². The fourth-order valence-electron chi connectivity index (χ4n) is 3.05. The highest BCUT2D eigenvalue weighted by Crippen LogP contribution is 2.35. The maximum atomic E-state index is 12.0. The summed E-state index contributed by atoms with van der Waals surface area (Å²) in [6, 6.07) is 16.4. The topological polar surface area (TPSA) is 29.5 Å². The van der Waals surface area contributed by atoms with Gasteiger partial charge in [-0.1, -0.05) is 36.4 Å². The number of rotatable bonds is 2. The van der Waals surface area contributed by atoms with E-state index in [0.717, 1.165) is 24.3 Å². The Kier molecular flexibility index (Phi) is 3.65. The molecule has 0 bridgehead atoms. The molecule has 1 unspecified atom stereocenters. The Morgan fingerprint density at radius 3 is 2.52 bits per heavy atom. The number of amides is 1. The van der Waals surface area contributed by atoms with Crippen molar-refractivity contribution in [1.29, 1.82) is 0 Å². The van der Waals surface area contributed by atoms with Gasteiger partial charge in [-0.2, -0.15) is 0 Å². The van der Waals surface area contributed by atoms with Crippen molar-refractivity contribution < 1.29 is 9.53 Å². The molecule has 1 atom stereocenters. The SMILES string of the molecule is COc1ccc(C2c3ccccc3CCN2C(C)=O)cc1. The Balaban J connectivity index is 2.07. The fraction of sp³-hybridized carbons (Fsp3) is 0.278. The summed E-state index contributed by atoms with van der Waals surface area (Å²) in [4.78, 5) is 14.0. The van der Waals surface area contributed by atoms with E-state index in [9.17, 15) is 4.79 Å². The number of ether oxygens (including phenoxy) is 1. The number of benzene rings is 2. The van der Waals surface area contributed by atoms with Crippen LogP contribution in [0.1, 0.15) is 29.7 Å². The second-order valence-electron chi connectivity index (χ2n) is 5.34. The van der Waals surface area contributed by atoms with Crippen molar-refractivity contribution >= 4 is 5.91 Å². The Hall–Kier alpha value is -2.29. The second-order valence-corrected chi connectivity index (χ2v) is 5.34. The second kappa shape index (κ2) is 5.60. The van der Waals surface area contributed by atoms with Crippen molar-refractivity contribution in [3.05, 3.63) is 65.2 Å². The third kappa shape index (κ3) is 2.51. The number of methoxy groups -OCH3 is 1. The molecule has 0 saturated heterocycles. The average Bonchev–Trinajstić information content (AvgIpc) is 2.53. The van der Waals surface area contributed by atoms with E-state index in [2.05, 4.69) is 18.2 Å². The number of hydrogen-bond donors (Lipinski definition) is 0. The van der Waals surface area contributed by atoms with Crippen LogP contribution < -0.4 is 4.74 Å². The lowest BCUT2D eigenvalue weighted by Gasteiger charge is -2.37. The van der Waals surface area contributed by atoms with E-state index in [4.69, 9.17) is 4.74 Å². The Morgan fingerprint density at radius 1 is 1.14 bits per heavy atom. The maximum Gasteiger partial charge on any atom is 0.220 e. The molecule has 3 rings (SSSR count). The van der Waals surface area contributed by atoms with Gasteiger partial charge in [0.15, 0.2) is 0 Å². The highest BCUT2D eigenvalue weighted by molar-refractivity contribution is 5.75. The molecule has 2 aromatic carbocycles. The van der Waals surface area contributed by atoms with Crippen LogP contribution in [0, 0.1) is 0 Å². The highest BCUT2D eigenvalue weighted by atomic mass is 16.5. The van der Waals surface area contributed by atoms with Gasteiger partial charge in [-0.25, -0.2) is 0 Å². The van der Waals surface area contributed by atoms with Gasteiger partial charge in [0.1, 0.15) is 5.75 Å². The third-order valence-electron chi connectivity index (χ3n) is 4.12. The molecule has 0 radical (unpaired) electrons. The first kappa shape index (κ1) is 13.7. The molecule has 0 spiro atoms. The van der Waals surface area contributed by atoms with Gasteiger partial charge in [0.25, 0.3) is 0 Å². The van der Waals surface area contributed by atoms with Crippen LogP contribution in [-0.4, -0.2) is 24.5 Å². The Labute approximate surface area is 125 Å². The molecule has 1 aliphatic heterocycles. The zero-order chi connectivity index (χ0) is 14.8. The van der Waals surface area contributed by atoms with Crippen LogP contribution in [0.2, 0.25) is 0 Å². The normalized spacial score (nSPS) is 17.2. The number of nitrogens with zero attached hydrogens (tertiary/aromatic N) is 1. The average molecular weight is 281 g/mol. The first-order valence-corrected chi connectivity index (χ1v) is 7.19. The zero-order valence-electron chi connectivity index (χ0n) is 12.4. The molecule has 0 aromatic heterocycles. The molecule has 0 N–H and O–H groups in total. The molecule has 21 heavy (non-hydrogen) atoms. The monoisotopic (exact) mass is 281 g/mol. The summed E-state index contributed by atoms with van der Waals surface area (Å²) in [5, 5.41) is 0. The summed E-state index contributed by atoms with van der Waals surface area (Å²) in [7, 11) is 1.66. The van der Waals surface area contributed by atoms with Crippen molar-refractivity contribution in [2.45, 2.75) is 19.4 Å². The third-order valence-corrected chi connectivity index (χ3v) is 4.12. The summed E-state index contributed by atoms with van der Waals surface area (Å²) in [5.74, 6) is 0.947. The van der Waals surface area contributed by atoms with Crippen molar-refractivity contribution in [1.82, 2.24) is 4.90 Å². The summed E-state index contributed by atoms with van der Waals surface area (Å²) >= 11 is 0. The van der Waals surface area contributed by atoms with E-state index in [1.54, 1.807) is 14.0 Å². The van der Waals surface area contributed by atoms with Crippen molar-refractivity contribution in [3.8, 4) is 5.75 Å². The van der Waals surface area contributed by atoms with E-state index >= 15 is 0 Å². The predicted molar refractivity (Wildman–Crippen MR) is 82.4 cm³/mol. The highest BCUT2D eigenvalue weighted by Gasteiger charge is 2.29. The van der Waals surface area contributed by atoms with Crippen LogP contribution in [0.25, 0.3) is 0 Å². The van der Waals surface area contributed by atoms with Crippen LogP contribution in [0.4, 0.5) is 0 Å². The first-order chi connectivity index (χ1) is 10.2. The zero-order valence-corrected chi connectivity index (χ0v) is 12.4. The maximum absolute atomic E-state index is 12.0. The number of carbonyl (C=O) groups is 1. The molecule has 0 saturated carbocycles. The molecule has 108 valence electrons. The molecular weight excluding hydrogens is 262 g/mol. The van der Waals surface area contributed by atoms with Gasteiger partial charge in [0.05, 0.1) is 13.2 Å². The predicted octanol–water partition coefficient (Wildman–Crippen LogP) is 3.19. The summed E-state index contributed by atoms with van der Waals surface area (Å²) in [5.41, 5.74) is 3.68. The summed E-state index contributed by atoms with van der Waals surface area (Å²) in [6.45, 7) is 2.41. The van der Waals surface area contributed by atoms with Crippen LogP contribution >= 0.6 is 0 Å². The Bertz CT molecular complexity index is 649. The molecular formula is C18H19NO2. The van der Waals surface area contributed by atoms with E-state index in [0.29, 0.717) is 0 Å². The van der Waals surface area contributed by atoms with Gasteiger partial charge >= 0.3 is 0 Å². The van der Waals surface area contributed by atoms with Crippen LogP contribution in [0.15, 0.2) is 48.5 Å². The lowest BCUT2D eigenvalue weighted by atomic mass is 9.88. The standard InChI is InChI=1S/C18H19NO2/c1-13(20)19-12-11-14-5-3-4-6-17(14)18(19)15-7-9-16(21-2)10-8-15/h3-10,18H,11-12H2,1-2H3. The first-order valence-electron chi connectivity index (χ1n) is 7.19. The van der Waals surface area contributed by atoms with E-state index < -0.39 is 0 Å². The smallest absolute Gasteiger partial charge is 0.220 e. The van der Waals surface area contributed by atoms with E-state index in [1.807, 2.05) is 35.2 Å². The molecule has 3 heteroatoms. The summed E-state index contributed by atoms with van der Waals surface area (Å²) < 4.78 is 5.22. The largest absolute Gasteiger partial charge is 0.497 e. The molecule has 1 amide bonds. The Morgan fingerprint density at radius 2 is 1.86 bits per heavy atom. The lowest BCUT2D eigenvalue weighted by molar-refractivity contribution is -0.130. The van der Waals surface area contributed by atoms with Crippen molar-refractivity contribution in [2.24, 2.45) is 0 Å². The van der Waals surface area contributed by atoms with Crippen LogP contribution in [0.3, 0.4) is 0 Å². The minimum absolute atomic E-state index is 0.00152. The molecule has 0 aliphatic carbocycles. The van der Waals surface area contributed by atoms with Crippen molar-refractivity contribution in [2.75, 3.05) is 13.7 Å². The molecule has 2 aromatic rings. The van der Waals surface area contributed by atoms with Gasteiger partial charge in [-0.05, 0) is 35.2 Å². The van der Waals surface area contributed by atoms with Crippen LogP contribution in [-0.2, 0) is 11.2 Å². The van der Waals surface area contributed by atoms with Crippen LogP contribution in [0.5, 0.6) is 5.75 Å². The van der Waals surface area contributed by atoms with Gasteiger partial charge in [-0.3, -0.25) is 4.79 Å². The molecule has 0 fully saturated rings.